The van der Waals surface area contributed by atoms with E-state index in [1.165, 1.54) is 18.2 Å². The summed E-state index contributed by atoms with van der Waals surface area (Å²) in [6, 6.07) is 6.52. The van der Waals surface area contributed by atoms with Gasteiger partial charge in [-0.2, -0.15) is 15.4 Å². The number of halogens is 1. The molecule has 0 radical (unpaired) electrons. The Kier molecular flexibility index (Phi) is 3.41. The van der Waals surface area contributed by atoms with Gasteiger partial charge < -0.3 is 0 Å². The van der Waals surface area contributed by atoms with Crippen LogP contribution in [0.3, 0.4) is 0 Å². The summed E-state index contributed by atoms with van der Waals surface area (Å²) in [6.07, 6.45) is 0. The van der Waals surface area contributed by atoms with Crippen molar-refractivity contribution in [3.8, 4) is 0 Å². The van der Waals surface area contributed by atoms with E-state index < -0.39 is 31.3 Å². The van der Waals surface area contributed by atoms with E-state index in [2.05, 4.69) is 20.1 Å². The number of nitro groups is 1. The minimum absolute atomic E-state index is 0.116. The Morgan fingerprint density at radius 2 is 1.87 bits per heavy atom. The van der Waals surface area contributed by atoms with Crippen molar-refractivity contribution in [2.24, 2.45) is 0 Å². The summed E-state index contributed by atoms with van der Waals surface area (Å²) in [5.74, 6) is -0.900. The van der Waals surface area contributed by atoms with Crippen LogP contribution in [-0.2, 0) is 10.0 Å². The van der Waals surface area contributed by atoms with E-state index in [4.69, 9.17) is 0 Å². The molecule has 0 bridgehead atoms. The molecule has 9 nitrogen and oxygen atoms in total. The average molecular weight is 337 g/mol. The fourth-order valence-corrected chi connectivity index (χ4v) is 3.20. The van der Waals surface area contributed by atoms with Crippen molar-refractivity contribution in [2.75, 3.05) is 4.72 Å². The van der Waals surface area contributed by atoms with Crippen LogP contribution in [0.4, 0.5) is 15.8 Å². The number of nitro benzene ring substituents is 1. The smallest absolute Gasteiger partial charge is 0.279 e. The number of rotatable bonds is 4. The minimum atomic E-state index is -4.35. The molecule has 0 aliphatic carbocycles. The van der Waals surface area contributed by atoms with E-state index in [1.807, 2.05) is 0 Å². The lowest BCUT2D eigenvalue weighted by atomic mass is 10.3. The highest BCUT2D eigenvalue weighted by molar-refractivity contribution is 7.92. The molecule has 118 valence electrons. The van der Waals surface area contributed by atoms with Crippen molar-refractivity contribution in [2.45, 2.75) is 4.90 Å². The Hall–Kier alpha value is -3.08. The Morgan fingerprint density at radius 3 is 2.61 bits per heavy atom. The maximum Gasteiger partial charge on any atom is 0.290 e. The number of sulfonamides is 1. The summed E-state index contributed by atoms with van der Waals surface area (Å²) < 4.78 is 40.1. The third-order valence-electron chi connectivity index (χ3n) is 2.98. The number of nitrogens with one attached hydrogen (secondary N) is 2. The number of benzene rings is 2. The number of nitrogens with zero attached hydrogens (tertiary/aromatic N) is 3. The zero-order chi connectivity index (χ0) is 16.6. The highest BCUT2D eigenvalue weighted by atomic mass is 32.2. The lowest BCUT2D eigenvalue weighted by Crippen LogP contribution is -2.15. The molecule has 1 aromatic heterocycles. The van der Waals surface area contributed by atoms with Crippen molar-refractivity contribution < 1.29 is 17.7 Å². The quantitative estimate of drug-likeness (QED) is 0.551. The molecule has 1 heterocycles. The van der Waals surface area contributed by atoms with Gasteiger partial charge in [-0.25, -0.2) is 12.8 Å². The fourth-order valence-electron chi connectivity index (χ4n) is 1.97. The number of aromatic nitrogens is 3. The maximum atomic E-state index is 13.3. The van der Waals surface area contributed by atoms with Crippen LogP contribution in [0.25, 0.3) is 11.0 Å². The van der Waals surface area contributed by atoms with E-state index in [0.29, 0.717) is 17.1 Å². The van der Waals surface area contributed by atoms with Gasteiger partial charge in [0.25, 0.3) is 15.7 Å². The minimum Gasteiger partial charge on any atom is -0.279 e. The zero-order valence-electron chi connectivity index (χ0n) is 11.2. The Balaban J connectivity index is 2.04. The second-order valence-electron chi connectivity index (χ2n) is 4.50. The van der Waals surface area contributed by atoms with Gasteiger partial charge >= 0.3 is 0 Å². The molecule has 0 aliphatic rings. The Labute approximate surface area is 128 Å². The molecule has 11 heteroatoms. The lowest BCUT2D eigenvalue weighted by Gasteiger charge is -2.08. The molecular formula is C12H8FN5O4S. The summed E-state index contributed by atoms with van der Waals surface area (Å²) in [7, 11) is -4.35. The lowest BCUT2D eigenvalue weighted by molar-refractivity contribution is -0.387. The molecule has 2 N–H and O–H groups in total. The largest absolute Gasteiger partial charge is 0.290 e. The SMILES string of the molecule is O=[N+]([O-])c1ccc(F)cc1S(=O)(=O)Nc1ccc2n[nH]nc2c1. The number of hydrogen-bond donors (Lipinski definition) is 2. The van der Waals surface area contributed by atoms with Crippen molar-refractivity contribution in [1.82, 2.24) is 15.4 Å². The first-order valence-corrected chi connectivity index (χ1v) is 7.62. The summed E-state index contributed by atoms with van der Waals surface area (Å²) in [6.45, 7) is 0. The topological polar surface area (TPSA) is 131 Å². The van der Waals surface area contributed by atoms with Gasteiger partial charge in [-0.05, 0) is 24.3 Å². The molecule has 0 unspecified atom stereocenters. The monoisotopic (exact) mass is 337 g/mol. The third kappa shape index (κ3) is 2.81. The molecule has 2 aromatic carbocycles. The van der Waals surface area contributed by atoms with Gasteiger partial charge in [-0.1, -0.05) is 0 Å². The van der Waals surface area contributed by atoms with E-state index in [9.17, 15) is 22.9 Å². The summed E-state index contributed by atoms with van der Waals surface area (Å²) >= 11 is 0. The van der Waals surface area contributed by atoms with Crippen molar-refractivity contribution in [1.29, 1.82) is 0 Å². The number of fused-ring (bicyclic) bond motifs is 1. The van der Waals surface area contributed by atoms with E-state index in [0.717, 1.165) is 12.1 Å². The predicted molar refractivity (Wildman–Crippen MR) is 77.8 cm³/mol. The number of anilines is 1. The highest BCUT2D eigenvalue weighted by Gasteiger charge is 2.26. The Morgan fingerprint density at radius 1 is 1.13 bits per heavy atom. The standard InChI is InChI=1S/C12H8FN5O4S/c13-7-1-4-11(18(19)20)12(5-7)23(21,22)16-8-2-3-9-10(6-8)15-17-14-9/h1-6,16H,(H,14,15,17). The molecule has 0 saturated carbocycles. The van der Waals surface area contributed by atoms with Crippen LogP contribution < -0.4 is 4.72 Å². The van der Waals surface area contributed by atoms with Crippen LogP contribution in [-0.4, -0.2) is 28.8 Å². The summed E-state index contributed by atoms with van der Waals surface area (Å²) in [4.78, 5) is 9.29. The van der Waals surface area contributed by atoms with Gasteiger partial charge in [0.15, 0.2) is 4.90 Å². The van der Waals surface area contributed by atoms with Gasteiger partial charge in [0.2, 0.25) is 0 Å². The number of H-pyrrole nitrogens is 1. The fraction of sp³-hybridized carbons (Fsp3) is 0. The molecule has 0 aliphatic heterocycles. The van der Waals surface area contributed by atoms with Crippen molar-refractivity contribution in [3.63, 3.8) is 0 Å². The summed E-state index contributed by atoms with van der Waals surface area (Å²) in [5.41, 5.74) is 0.315. The van der Waals surface area contributed by atoms with Gasteiger partial charge in [0.05, 0.1) is 10.6 Å². The summed E-state index contributed by atoms with van der Waals surface area (Å²) in [5, 5.41) is 20.9. The molecule has 3 aromatic rings. The first-order chi connectivity index (χ1) is 10.9. The van der Waals surface area contributed by atoms with Crippen LogP contribution in [0.2, 0.25) is 0 Å². The van der Waals surface area contributed by atoms with E-state index in [-0.39, 0.29) is 5.69 Å². The Bertz CT molecular complexity index is 1020. The van der Waals surface area contributed by atoms with Gasteiger partial charge in [0.1, 0.15) is 16.9 Å². The molecule has 0 spiro atoms. The third-order valence-corrected chi connectivity index (χ3v) is 4.39. The van der Waals surface area contributed by atoms with Crippen molar-refractivity contribution in [3.05, 3.63) is 52.3 Å². The van der Waals surface area contributed by atoms with Gasteiger partial charge in [-0.15, -0.1) is 0 Å². The average Bonchev–Trinajstić information content (AvgIpc) is 2.94. The molecule has 3 rings (SSSR count). The second kappa shape index (κ2) is 5.28. The zero-order valence-corrected chi connectivity index (χ0v) is 12.0. The van der Waals surface area contributed by atoms with Crippen LogP contribution in [0.15, 0.2) is 41.3 Å². The normalized spacial score (nSPS) is 11.5. The number of hydrogen-bond acceptors (Lipinski definition) is 6. The molecule has 23 heavy (non-hydrogen) atoms. The molecule has 0 saturated heterocycles. The van der Waals surface area contributed by atoms with Gasteiger partial charge in [-0.3, -0.25) is 14.8 Å². The molecule has 0 amide bonds. The van der Waals surface area contributed by atoms with Crippen LogP contribution in [0.5, 0.6) is 0 Å². The second-order valence-corrected chi connectivity index (χ2v) is 6.15. The van der Waals surface area contributed by atoms with Crippen LogP contribution >= 0.6 is 0 Å². The van der Waals surface area contributed by atoms with Gasteiger partial charge in [0, 0.05) is 12.1 Å². The van der Waals surface area contributed by atoms with E-state index in [1.54, 1.807) is 0 Å². The highest BCUT2D eigenvalue weighted by Crippen LogP contribution is 2.27. The number of aromatic amines is 1. The predicted octanol–water partition coefficient (Wildman–Crippen LogP) is 1.81. The molecule has 0 atom stereocenters. The maximum absolute atomic E-state index is 13.3. The molecular weight excluding hydrogens is 329 g/mol. The van der Waals surface area contributed by atoms with E-state index >= 15 is 0 Å². The molecule has 0 fully saturated rings. The van der Waals surface area contributed by atoms with Crippen molar-refractivity contribution >= 4 is 32.4 Å². The van der Waals surface area contributed by atoms with Crippen LogP contribution in [0, 0.1) is 15.9 Å². The van der Waals surface area contributed by atoms with Crippen LogP contribution in [0.1, 0.15) is 0 Å². The first-order valence-electron chi connectivity index (χ1n) is 6.14. The first kappa shape index (κ1) is 14.8.